The van der Waals surface area contributed by atoms with Crippen LogP contribution < -0.4 is 10.4 Å². The van der Waals surface area contributed by atoms with Crippen LogP contribution in [0.4, 0.5) is 0 Å². The number of rotatable bonds is 3. The number of carbonyl (C=O) groups is 1. The van der Waals surface area contributed by atoms with Crippen LogP contribution in [0.2, 0.25) is 5.15 Å². The molecule has 0 fully saturated rings. The van der Waals surface area contributed by atoms with E-state index < -0.39 is 11.4 Å². The van der Waals surface area contributed by atoms with Gasteiger partial charge in [-0.2, -0.15) is 0 Å². The molecule has 0 bridgehead atoms. The summed E-state index contributed by atoms with van der Waals surface area (Å²) in [7, 11) is 3.57. The zero-order valence-corrected chi connectivity index (χ0v) is 12.1. The Hall–Kier alpha value is -2.08. The fourth-order valence-corrected chi connectivity index (χ4v) is 2.03. The van der Waals surface area contributed by atoms with E-state index in [1.54, 1.807) is 30.7 Å². The van der Waals surface area contributed by atoms with E-state index in [2.05, 4.69) is 4.98 Å². The van der Waals surface area contributed by atoms with E-state index in [4.69, 9.17) is 16.3 Å². The Morgan fingerprint density at radius 2 is 2.20 bits per heavy atom. The Morgan fingerprint density at radius 1 is 1.50 bits per heavy atom. The van der Waals surface area contributed by atoms with Crippen LogP contribution in [0.15, 0.2) is 23.3 Å². The summed E-state index contributed by atoms with van der Waals surface area (Å²) in [6.07, 6.45) is 2.94. The van der Waals surface area contributed by atoms with Crippen molar-refractivity contribution >= 4 is 28.5 Å². The van der Waals surface area contributed by atoms with Crippen LogP contribution in [0.25, 0.3) is 10.9 Å². The molecule has 0 atom stereocenters. The van der Waals surface area contributed by atoms with Crippen molar-refractivity contribution in [3.63, 3.8) is 0 Å². The zero-order chi connectivity index (χ0) is 14.9. The lowest BCUT2D eigenvalue weighted by Gasteiger charge is -2.20. The second-order valence-electron chi connectivity index (χ2n) is 4.31. The van der Waals surface area contributed by atoms with Crippen molar-refractivity contribution in [3.05, 3.63) is 39.4 Å². The van der Waals surface area contributed by atoms with Crippen LogP contribution in [-0.4, -0.2) is 36.3 Å². The Labute approximate surface area is 120 Å². The molecule has 0 saturated heterocycles. The van der Waals surface area contributed by atoms with Crippen molar-refractivity contribution in [3.8, 4) is 0 Å². The number of halogens is 1. The Bertz CT molecular complexity index is 725. The van der Waals surface area contributed by atoms with Gasteiger partial charge in [-0.05, 0) is 13.0 Å². The lowest BCUT2D eigenvalue weighted by molar-refractivity contribution is 0.0524. The van der Waals surface area contributed by atoms with Gasteiger partial charge in [-0.25, -0.2) is 9.78 Å². The summed E-state index contributed by atoms with van der Waals surface area (Å²) >= 11 is 5.83. The van der Waals surface area contributed by atoms with Gasteiger partial charge in [0.25, 0.3) is 0 Å². The monoisotopic (exact) mass is 295 g/mol. The minimum absolute atomic E-state index is 0.0321. The predicted molar refractivity (Wildman–Crippen MR) is 77.0 cm³/mol. The second kappa shape index (κ2) is 5.50. The molecule has 0 N–H and O–H groups in total. The Morgan fingerprint density at radius 3 is 2.80 bits per heavy atom. The highest BCUT2D eigenvalue weighted by Gasteiger charge is 2.17. The molecule has 6 nitrogen and oxygen atoms in total. The number of hydrogen-bond donors (Lipinski definition) is 0. The van der Waals surface area contributed by atoms with Crippen LogP contribution in [0.3, 0.4) is 0 Å². The summed E-state index contributed by atoms with van der Waals surface area (Å²) in [5, 5.41) is 2.24. The molecular weight excluding hydrogens is 282 g/mol. The smallest absolute Gasteiger partial charge is 0.343 e. The first kappa shape index (κ1) is 14.3. The fourth-order valence-electron chi connectivity index (χ4n) is 1.87. The van der Waals surface area contributed by atoms with Crippen LogP contribution in [-0.2, 0) is 4.74 Å². The lowest BCUT2D eigenvalue weighted by Crippen LogP contribution is -2.30. The number of esters is 1. The van der Waals surface area contributed by atoms with Crippen LogP contribution in [0.1, 0.15) is 17.3 Å². The largest absolute Gasteiger partial charge is 0.462 e. The maximum atomic E-state index is 12.4. The van der Waals surface area contributed by atoms with Crippen molar-refractivity contribution in [1.29, 1.82) is 0 Å². The zero-order valence-electron chi connectivity index (χ0n) is 11.4. The number of hydrogen-bond acceptors (Lipinski definition) is 5. The molecule has 20 heavy (non-hydrogen) atoms. The highest BCUT2D eigenvalue weighted by Crippen LogP contribution is 2.15. The number of carbonyl (C=O) groups excluding carboxylic acids is 1. The molecule has 2 heterocycles. The summed E-state index contributed by atoms with van der Waals surface area (Å²) < 4.78 is 6.55. The highest BCUT2D eigenvalue weighted by molar-refractivity contribution is 6.30. The summed E-state index contributed by atoms with van der Waals surface area (Å²) in [6, 6.07) is 1.45. The number of nitrogens with zero attached hydrogens (tertiary/aromatic N) is 3. The minimum Gasteiger partial charge on any atom is -0.462 e. The summed E-state index contributed by atoms with van der Waals surface area (Å²) in [6.45, 7) is 1.89. The van der Waals surface area contributed by atoms with Gasteiger partial charge in [0.05, 0.1) is 23.7 Å². The molecule has 106 valence electrons. The first-order valence-electron chi connectivity index (χ1n) is 6.01. The van der Waals surface area contributed by atoms with Crippen molar-refractivity contribution in [2.24, 2.45) is 0 Å². The second-order valence-corrected chi connectivity index (χ2v) is 4.70. The van der Waals surface area contributed by atoms with Crippen LogP contribution in [0.5, 0.6) is 0 Å². The average molecular weight is 296 g/mol. The summed E-state index contributed by atoms with van der Waals surface area (Å²) in [5.41, 5.74) is 0.119. The molecule has 2 rings (SSSR count). The molecule has 0 aliphatic carbocycles. The maximum Gasteiger partial charge on any atom is 0.343 e. The predicted octanol–water partition coefficient (Wildman–Crippen LogP) is 1.42. The first-order valence-corrected chi connectivity index (χ1v) is 6.39. The van der Waals surface area contributed by atoms with E-state index in [1.165, 1.54) is 18.5 Å². The van der Waals surface area contributed by atoms with Crippen LogP contribution >= 0.6 is 11.6 Å². The summed E-state index contributed by atoms with van der Waals surface area (Å²) in [5.74, 6) is -0.650. The van der Waals surface area contributed by atoms with Gasteiger partial charge in [0.1, 0.15) is 10.7 Å². The fraction of sp³-hybridized carbons (Fsp3) is 0.308. The van der Waals surface area contributed by atoms with E-state index in [-0.39, 0.29) is 17.3 Å². The van der Waals surface area contributed by atoms with Crippen molar-refractivity contribution < 1.29 is 9.53 Å². The standard InChI is InChI=1S/C13H14ClN3O3/c1-4-20-13(19)9-7-17(16(2)3)10-6-15-11(14)5-8(10)12(9)18/h5-7H,4H2,1-3H3. The average Bonchev–Trinajstić information content (AvgIpc) is 2.39. The van der Waals surface area contributed by atoms with E-state index in [0.29, 0.717) is 10.9 Å². The molecule has 0 radical (unpaired) electrons. The third-order valence-electron chi connectivity index (χ3n) is 2.76. The Kier molecular flexibility index (Phi) is 3.94. The first-order chi connectivity index (χ1) is 9.45. The van der Waals surface area contributed by atoms with E-state index in [9.17, 15) is 9.59 Å². The van der Waals surface area contributed by atoms with Gasteiger partial charge in [-0.1, -0.05) is 11.6 Å². The summed E-state index contributed by atoms with van der Waals surface area (Å²) in [4.78, 5) is 28.2. The molecular formula is C13H14ClN3O3. The van der Waals surface area contributed by atoms with Gasteiger partial charge >= 0.3 is 5.97 Å². The molecule has 2 aromatic heterocycles. The van der Waals surface area contributed by atoms with Gasteiger partial charge in [-0.3, -0.25) is 9.47 Å². The Balaban J connectivity index is 2.81. The van der Waals surface area contributed by atoms with Gasteiger partial charge < -0.3 is 9.75 Å². The number of ether oxygens (including phenoxy) is 1. The van der Waals surface area contributed by atoms with E-state index in [0.717, 1.165) is 0 Å². The topological polar surface area (TPSA) is 64.4 Å². The SMILES string of the molecule is CCOC(=O)c1cn(N(C)C)c2cnc(Cl)cc2c1=O. The molecule has 0 aliphatic heterocycles. The van der Waals surface area contributed by atoms with E-state index >= 15 is 0 Å². The van der Waals surface area contributed by atoms with Crippen molar-refractivity contribution in [2.45, 2.75) is 6.92 Å². The molecule has 0 aromatic carbocycles. The maximum absolute atomic E-state index is 12.4. The molecule has 7 heteroatoms. The molecule has 2 aromatic rings. The highest BCUT2D eigenvalue weighted by atomic mass is 35.5. The van der Waals surface area contributed by atoms with Gasteiger partial charge in [0.2, 0.25) is 5.43 Å². The van der Waals surface area contributed by atoms with Gasteiger partial charge in [-0.15, -0.1) is 0 Å². The quantitative estimate of drug-likeness (QED) is 0.633. The molecule has 0 spiro atoms. The van der Waals surface area contributed by atoms with Gasteiger partial charge in [0, 0.05) is 20.3 Å². The number of aromatic nitrogens is 2. The third kappa shape index (κ3) is 2.46. The minimum atomic E-state index is -0.650. The van der Waals surface area contributed by atoms with E-state index in [1.807, 2.05) is 0 Å². The van der Waals surface area contributed by atoms with Gasteiger partial charge in [0.15, 0.2) is 0 Å². The lowest BCUT2D eigenvalue weighted by atomic mass is 10.2. The van der Waals surface area contributed by atoms with Crippen molar-refractivity contribution in [1.82, 2.24) is 9.66 Å². The van der Waals surface area contributed by atoms with Crippen molar-refractivity contribution in [2.75, 3.05) is 25.7 Å². The molecule has 0 aliphatic rings. The normalized spacial score (nSPS) is 10.6. The number of fused-ring (bicyclic) bond motifs is 1. The number of pyridine rings is 2. The molecule has 0 amide bonds. The third-order valence-corrected chi connectivity index (χ3v) is 2.97. The molecule has 0 saturated carbocycles. The van der Waals surface area contributed by atoms with Crippen LogP contribution in [0, 0.1) is 0 Å². The molecule has 0 unspecified atom stereocenters.